The zero-order chi connectivity index (χ0) is 16.2. The Morgan fingerprint density at radius 3 is 2.74 bits per heavy atom. The SMILES string of the molecule is Cc1ccc(OCC(=O)NCc2cn3ccc(C)cc3n2)cc1. The van der Waals surface area contributed by atoms with Gasteiger partial charge in [0.1, 0.15) is 11.4 Å². The summed E-state index contributed by atoms with van der Waals surface area (Å²) in [7, 11) is 0. The molecular weight excluding hydrogens is 290 g/mol. The third kappa shape index (κ3) is 3.88. The summed E-state index contributed by atoms with van der Waals surface area (Å²) in [5.74, 6) is 0.521. The van der Waals surface area contributed by atoms with E-state index in [0.717, 1.165) is 22.5 Å². The third-order valence-corrected chi connectivity index (χ3v) is 3.52. The fraction of sp³-hybridized carbons (Fsp3) is 0.222. The Bertz CT molecular complexity index is 822. The predicted octanol–water partition coefficient (Wildman–Crippen LogP) is 2.65. The molecule has 3 aromatic rings. The molecule has 1 N–H and O–H groups in total. The molecule has 0 aliphatic rings. The predicted molar refractivity (Wildman–Crippen MR) is 88.4 cm³/mol. The monoisotopic (exact) mass is 309 g/mol. The lowest BCUT2D eigenvalue weighted by atomic mass is 10.2. The van der Waals surface area contributed by atoms with Gasteiger partial charge in [-0.3, -0.25) is 4.79 Å². The van der Waals surface area contributed by atoms with Crippen molar-refractivity contribution in [1.82, 2.24) is 14.7 Å². The van der Waals surface area contributed by atoms with Gasteiger partial charge in [-0.15, -0.1) is 0 Å². The lowest BCUT2D eigenvalue weighted by molar-refractivity contribution is -0.123. The molecule has 2 aromatic heterocycles. The number of nitrogens with one attached hydrogen (secondary N) is 1. The molecule has 0 saturated carbocycles. The molecule has 0 spiro atoms. The maximum atomic E-state index is 11.9. The molecule has 0 radical (unpaired) electrons. The van der Waals surface area contributed by atoms with E-state index in [1.807, 2.05) is 67.0 Å². The number of hydrogen-bond acceptors (Lipinski definition) is 3. The van der Waals surface area contributed by atoms with Crippen molar-refractivity contribution in [3.05, 3.63) is 65.6 Å². The molecule has 0 atom stereocenters. The molecular formula is C18H19N3O2. The van der Waals surface area contributed by atoms with Gasteiger partial charge in [-0.25, -0.2) is 4.98 Å². The van der Waals surface area contributed by atoms with Crippen LogP contribution in [0.1, 0.15) is 16.8 Å². The smallest absolute Gasteiger partial charge is 0.258 e. The maximum absolute atomic E-state index is 11.9. The number of carbonyl (C=O) groups is 1. The number of pyridine rings is 1. The summed E-state index contributed by atoms with van der Waals surface area (Å²) in [6.45, 7) is 4.41. The zero-order valence-corrected chi connectivity index (χ0v) is 13.2. The van der Waals surface area contributed by atoms with Gasteiger partial charge in [-0.2, -0.15) is 0 Å². The summed E-state index contributed by atoms with van der Waals surface area (Å²) >= 11 is 0. The number of amides is 1. The van der Waals surface area contributed by atoms with Gasteiger partial charge in [-0.1, -0.05) is 17.7 Å². The number of ether oxygens (including phenoxy) is 1. The topological polar surface area (TPSA) is 55.6 Å². The summed E-state index contributed by atoms with van der Waals surface area (Å²) in [5, 5.41) is 2.82. The number of nitrogens with zero attached hydrogens (tertiary/aromatic N) is 2. The van der Waals surface area contributed by atoms with E-state index in [1.54, 1.807) is 0 Å². The molecule has 118 valence electrons. The second-order valence-corrected chi connectivity index (χ2v) is 5.58. The number of hydrogen-bond donors (Lipinski definition) is 1. The molecule has 0 saturated heterocycles. The second-order valence-electron chi connectivity index (χ2n) is 5.58. The van der Waals surface area contributed by atoms with E-state index in [9.17, 15) is 4.79 Å². The first-order valence-corrected chi connectivity index (χ1v) is 7.50. The number of fused-ring (bicyclic) bond motifs is 1. The minimum absolute atomic E-state index is 0.00442. The number of benzene rings is 1. The van der Waals surface area contributed by atoms with Gasteiger partial charge in [0.05, 0.1) is 12.2 Å². The van der Waals surface area contributed by atoms with Crippen LogP contribution in [0.25, 0.3) is 5.65 Å². The van der Waals surface area contributed by atoms with Gasteiger partial charge in [0.2, 0.25) is 0 Å². The molecule has 5 nitrogen and oxygen atoms in total. The van der Waals surface area contributed by atoms with Crippen molar-refractivity contribution in [3.63, 3.8) is 0 Å². The highest BCUT2D eigenvalue weighted by Gasteiger charge is 2.06. The number of aryl methyl sites for hydroxylation is 2. The second kappa shape index (κ2) is 6.52. The number of imidazole rings is 1. The number of rotatable bonds is 5. The quantitative estimate of drug-likeness (QED) is 0.788. The van der Waals surface area contributed by atoms with Crippen LogP contribution in [0.5, 0.6) is 5.75 Å². The average Bonchev–Trinajstić information content (AvgIpc) is 2.94. The van der Waals surface area contributed by atoms with Crippen LogP contribution in [0.4, 0.5) is 0 Å². The molecule has 2 heterocycles. The van der Waals surface area contributed by atoms with Crippen molar-refractivity contribution in [2.24, 2.45) is 0 Å². The van der Waals surface area contributed by atoms with E-state index in [2.05, 4.69) is 10.3 Å². The molecule has 3 rings (SSSR count). The highest BCUT2D eigenvalue weighted by atomic mass is 16.5. The summed E-state index contributed by atoms with van der Waals surface area (Å²) in [6.07, 6.45) is 3.87. The van der Waals surface area contributed by atoms with Crippen LogP contribution in [0.2, 0.25) is 0 Å². The maximum Gasteiger partial charge on any atom is 0.258 e. The average molecular weight is 309 g/mol. The van der Waals surface area contributed by atoms with Crippen LogP contribution in [0.15, 0.2) is 48.8 Å². The Morgan fingerprint density at radius 1 is 1.17 bits per heavy atom. The van der Waals surface area contributed by atoms with Gasteiger partial charge in [0, 0.05) is 12.4 Å². The van der Waals surface area contributed by atoms with Gasteiger partial charge in [0.15, 0.2) is 6.61 Å². The van der Waals surface area contributed by atoms with Crippen LogP contribution in [0.3, 0.4) is 0 Å². The molecule has 0 bridgehead atoms. The molecule has 0 fully saturated rings. The Hall–Kier alpha value is -2.82. The molecule has 23 heavy (non-hydrogen) atoms. The van der Waals surface area contributed by atoms with Crippen LogP contribution in [-0.2, 0) is 11.3 Å². The van der Waals surface area contributed by atoms with E-state index in [-0.39, 0.29) is 12.5 Å². The Labute approximate surface area is 134 Å². The number of aromatic nitrogens is 2. The van der Waals surface area contributed by atoms with Crippen LogP contribution in [-0.4, -0.2) is 21.9 Å². The van der Waals surface area contributed by atoms with Gasteiger partial charge >= 0.3 is 0 Å². The lowest BCUT2D eigenvalue weighted by Crippen LogP contribution is -2.28. The van der Waals surface area contributed by atoms with Gasteiger partial charge in [0.25, 0.3) is 5.91 Å². The van der Waals surface area contributed by atoms with Crippen LogP contribution >= 0.6 is 0 Å². The Morgan fingerprint density at radius 2 is 1.96 bits per heavy atom. The van der Waals surface area contributed by atoms with E-state index < -0.39 is 0 Å². The standard InChI is InChI=1S/C18H19N3O2/c1-13-3-5-16(6-4-13)23-12-18(22)19-10-15-11-21-8-7-14(2)9-17(21)20-15/h3-9,11H,10,12H2,1-2H3,(H,19,22). The summed E-state index contributed by atoms with van der Waals surface area (Å²) in [4.78, 5) is 16.3. The van der Waals surface area contributed by atoms with E-state index in [0.29, 0.717) is 12.3 Å². The van der Waals surface area contributed by atoms with Crippen molar-refractivity contribution in [1.29, 1.82) is 0 Å². The fourth-order valence-corrected chi connectivity index (χ4v) is 2.24. The van der Waals surface area contributed by atoms with Crippen LogP contribution < -0.4 is 10.1 Å². The number of carbonyl (C=O) groups excluding carboxylic acids is 1. The van der Waals surface area contributed by atoms with E-state index >= 15 is 0 Å². The van der Waals surface area contributed by atoms with E-state index in [4.69, 9.17) is 4.74 Å². The third-order valence-electron chi connectivity index (χ3n) is 3.52. The summed E-state index contributed by atoms with van der Waals surface area (Å²) in [6, 6.07) is 11.6. The fourth-order valence-electron chi connectivity index (χ4n) is 2.24. The summed E-state index contributed by atoms with van der Waals surface area (Å²) in [5.41, 5.74) is 4.01. The normalized spacial score (nSPS) is 10.7. The van der Waals surface area contributed by atoms with Crippen LogP contribution in [0, 0.1) is 13.8 Å². The van der Waals surface area contributed by atoms with Crippen molar-refractivity contribution < 1.29 is 9.53 Å². The Kier molecular flexibility index (Phi) is 4.28. The largest absolute Gasteiger partial charge is 0.484 e. The molecule has 0 aliphatic heterocycles. The molecule has 1 aromatic carbocycles. The minimum atomic E-state index is -0.168. The van der Waals surface area contributed by atoms with Gasteiger partial charge < -0.3 is 14.5 Å². The first kappa shape index (κ1) is 15.1. The Balaban J connectivity index is 1.52. The molecule has 0 aliphatic carbocycles. The zero-order valence-electron chi connectivity index (χ0n) is 13.2. The van der Waals surface area contributed by atoms with E-state index in [1.165, 1.54) is 0 Å². The van der Waals surface area contributed by atoms with Crippen molar-refractivity contribution in [3.8, 4) is 5.75 Å². The highest BCUT2D eigenvalue weighted by Crippen LogP contribution is 2.11. The van der Waals surface area contributed by atoms with Crippen molar-refractivity contribution >= 4 is 11.6 Å². The van der Waals surface area contributed by atoms with Crippen molar-refractivity contribution in [2.75, 3.05) is 6.61 Å². The molecule has 5 heteroatoms. The summed E-state index contributed by atoms with van der Waals surface area (Å²) < 4.78 is 7.39. The lowest BCUT2D eigenvalue weighted by Gasteiger charge is -2.06. The first-order chi connectivity index (χ1) is 11.1. The molecule has 0 unspecified atom stereocenters. The van der Waals surface area contributed by atoms with Gasteiger partial charge in [-0.05, 0) is 43.7 Å². The van der Waals surface area contributed by atoms with Crippen molar-refractivity contribution in [2.45, 2.75) is 20.4 Å². The molecule has 1 amide bonds. The first-order valence-electron chi connectivity index (χ1n) is 7.50. The highest BCUT2D eigenvalue weighted by molar-refractivity contribution is 5.77. The minimum Gasteiger partial charge on any atom is -0.484 e.